The second-order valence-corrected chi connectivity index (χ2v) is 4.37. The number of aromatic nitrogens is 1. The number of hydrogen-bond donors (Lipinski definition) is 1. The Kier molecular flexibility index (Phi) is 2.27. The summed E-state index contributed by atoms with van der Waals surface area (Å²) < 4.78 is 0. The molecule has 0 fully saturated rings. The fraction of sp³-hybridized carbons (Fsp3) is 0.0667. The highest BCUT2D eigenvalue weighted by atomic mass is 16.4. The standard InChI is InChI=1S/C15H11NO2/c1-9-6-11-8-10-4-2-3-5-13(10)16-14(11)12(7-9)15(17)18/h2-8H,1H3,(H,17,18). The van der Waals surface area contributed by atoms with E-state index < -0.39 is 5.97 Å². The molecule has 1 aromatic heterocycles. The van der Waals surface area contributed by atoms with Gasteiger partial charge in [-0.05, 0) is 36.8 Å². The molecule has 1 heterocycles. The zero-order valence-electron chi connectivity index (χ0n) is 9.84. The zero-order chi connectivity index (χ0) is 12.7. The van der Waals surface area contributed by atoms with Crippen molar-refractivity contribution in [3.05, 3.63) is 53.6 Å². The average molecular weight is 237 g/mol. The number of fused-ring (bicyclic) bond motifs is 2. The number of hydrogen-bond acceptors (Lipinski definition) is 2. The van der Waals surface area contributed by atoms with E-state index in [1.807, 2.05) is 43.3 Å². The molecule has 3 heteroatoms. The van der Waals surface area contributed by atoms with Crippen LogP contribution in [-0.2, 0) is 0 Å². The Morgan fingerprint density at radius 2 is 1.89 bits per heavy atom. The summed E-state index contributed by atoms with van der Waals surface area (Å²) in [4.78, 5) is 15.7. The number of aryl methyl sites for hydroxylation is 1. The van der Waals surface area contributed by atoms with E-state index in [1.165, 1.54) is 0 Å². The van der Waals surface area contributed by atoms with Crippen molar-refractivity contribution in [3.8, 4) is 0 Å². The third-order valence-corrected chi connectivity index (χ3v) is 2.99. The van der Waals surface area contributed by atoms with Gasteiger partial charge in [0.1, 0.15) is 0 Å². The molecule has 0 amide bonds. The Morgan fingerprint density at radius 1 is 1.11 bits per heavy atom. The van der Waals surface area contributed by atoms with Gasteiger partial charge in [-0.15, -0.1) is 0 Å². The molecule has 0 aliphatic heterocycles. The van der Waals surface area contributed by atoms with Crippen LogP contribution in [0, 0.1) is 6.92 Å². The molecule has 0 aliphatic rings. The molecule has 2 aromatic carbocycles. The summed E-state index contributed by atoms with van der Waals surface area (Å²) in [6.45, 7) is 1.89. The molecule has 3 nitrogen and oxygen atoms in total. The van der Waals surface area contributed by atoms with Crippen molar-refractivity contribution in [3.63, 3.8) is 0 Å². The fourth-order valence-electron chi connectivity index (χ4n) is 2.20. The first-order chi connectivity index (χ1) is 8.65. The summed E-state index contributed by atoms with van der Waals surface area (Å²) >= 11 is 0. The summed E-state index contributed by atoms with van der Waals surface area (Å²) in [5.41, 5.74) is 2.55. The average Bonchev–Trinajstić information content (AvgIpc) is 2.35. The van der Waals surface area contributed by atoms with E-state index in [2.05, 4.69) is 4.98 Å². The Morgan fingerprint density at radius 3 is 2.67 bits per heavy atom. The Balaban J connectivity index is 2.49. The quantitative estimate of drug-likeness (QED) is 0.660. The van der Waals surface area contributed by atoms with Crippen LogP contribution >= 0.6 is 0 Å². The van der Waals surface area contributed by atoms with E-state index >= 15 is 0 Å². The predicted molar refractivity (Wildman–Crippen MR) is 70.9 cm³/mol. The van der Waals surface area contributed by atoms with Crippen LogP contribution in [0.5, 0.6) is 0 Å². The lowest BCUT2D eigenvalue weighted by molar-refractivity contribution is 0.0698. The molecular weight excluding hydrogens is 226 g/mol. The summed E-state index contributed by atoms with van der Waals surface area (Å²) in [7, 11) is 0. The summed E-state index contributed by atoms with van der Waals surface area (Å²) in [5, 5.41) is 11.1. The first-order valence-corrected chi connectivity index (χ1v) is 5.68. The van der Waals surface area contributed by atoms with Crippen LogP contribution in [0.15, 0.2) is 42.5 Å². The highest BCUT2D eigenvalue weighted by molar-refractivity contribution is 6.05. The lowest BCUT2D eigenvalue weighted by Gasteiger charge is -2.06. The molecule has 3 rings (SSSR count). The van der Waals surface area contributed by atoms with E-state index in [1.54, 1.807) is 6.07 Å². The third-order valence-electron chi connectivity index (χ3n) is 2.99. The second-order valence-electron chi connectivity index (χ2n) is 4.37. The smallest absolute Gasteiger partial charge is 0.337 e. The van der Waals surface area contributed by atoms with Crippen molar-refractivity contribution in [2.24, 2.45) is 0 Å². The molecule has 0 bridgehead atoms. The van der Waals surface area contributed by atoms with E-state index in [9.17, 15) is 9.90 Å². The second kappa shape index (κ2) is 3.81. The largest absolute Gasteiger partial charge is 0.478 e. The minimum absolute atomic E-state index is 0.260. The van der Waals surface area contributed by atoms with Crippen molar-refractivity contribution >= 4 is 27.8 Å². The van der Waals surface area contributed by atoms with Crippen LogP contribution < -0.4 is 0 Å². The zero-order valence-corrected chi connectivity index (χ0v) is 9.84. The first-order valence-electron chi connectivity index (χ1n) is 5.68. The van der Waals surface area contributed by atoms with Crippen LogP contribution in [0.25, 0.3) is 21.8 Å². The van der Waals surface area contributed by atoms with Gasteiger partial charge >= 0.3 is 5.97 Å². The predicted octanol–water partition coefficient (Wildman–Crippen LogP) is 3.39. The molecule has 0 aliphatic carbocycles. The Hall–Kier alpha value is -2.42. The van der Waals surface area contributed by atoms with Crippen molar-refractivity contribution < 1.29 is 9.90 Å². The monoisotopic (exact) mass is 237 g/mol. The van der Waals surface area contributed by atoms with E-state index in [0.29, 0.717) is 5.52 Å². The van der Waals surface area contributed by atoms with Gasteiger partial charge < -0.3 is 5.11 Å². The first kappa shape index (κ1) is 10.7. The van der Waals surface area contributed by atoms with Gasteiger partial charge in [-0.25, -0.2) is 9.78 Å². The number of para-hydroxylation sites is 1. The van der Waals surface area contributed by atoms with Gasteiger partial charge in [0, 0.05) is 10.8 Å². The summed E-state index contributed by atoms with van der Waals surface area (Å²) in [5.74, 6) is -0.938. The Labute approximate surface area is 104 Å². The van der Waals surface area contributed by atoms with Crippen molar-refractivity contribution in [1.82, 2.24) is 4.98 Å². The number of pyridine rings is 1. The number of nitrogens with zero attached hydrogens (tertiary/aromatic N) is 1. The minimum atomic E-state index is -0.938. The molecule has 0 saturated heterocycles. The summed E-state index contributed by atoms with van der Waals surface area (Å²) in [6, 6.07) is 13.3. The summed E-state index contributed by atoms with van der Waals surface area (Å²) in [6.07, 6.45) is 0. The molecule has 0 unspecified atom stereocenters. The molecule has 18 heavy (non-hydrogen) atoms. The number of rotatable bonds is 1. The van der Waals surface area contributed by atoms with Crippen molar-refractivity contribution in [1.29, 1.82) is 0 Å². The Bertz CT molecular complexity index is 778. The molecule has 0 atom stereocenters. The third kappa shape index (κ3) is 1.61. The van der Waals surface area contributed by atoms with Crippen LogP contribution in [0.2, 0.25) is 0 Å². The number of aromatic carboxylic acids is 1. The number of carboxylic acid groups (broad SMARTS) is 1. The van der Waals surface area contributed by atoms with Crippen LogP contribution in [0.3, 0.4) is 0 Å². The molecule has 3 aromatic rings. The van der Waals surface area contributed by atoms with E-state index in [4.69, 9.17) is 0 Å². The molecule has 0 radical (unpaired) electrons. The maximum absolute atomic E-state index is 11.3. The van der Waals surface area contributed by atoms with Crippen molar-refractivity contribution in [2.75, 3.05) is 0 Å². The van der Waals surface area contributed by atoms with Gasteiger partial charge in [0.05, 0.1) is 16.6 Å². The lowest BCUT2D eigenvalue weighted by atomic mass is 10.0. The molecule has 0 saturated carbocycles. The van der Waals surface area contributed by atoms with Gasteiger partial charge in [-0.3, -0.25) is 0 Å². The highest BCUT2D eigenvalue weighted by Gasteiger charge is 2.11. The lowest BCUT2D eigenvalue weighted by Crippen LogP contribution is -2.00. The topological polar surface area (TPSA) is 50.2 Å². The van der Waals surface area contributed by atoms with Gasteiger partial charge in [-0.1, -0.05) is 18.2 Å². The van der Waals surface area contributed by atoms with Gasteiger partial charge in [0.2, 0.25) is 0 Å². The molecular formula is C15H11NO2. The van der Waals surface area contributed by atoms with Crippen LogP contribution in [-0.4, -0.2) is 16.1 Å². The maximum Gasteiger partial charge on any atom is 0.337 e. The molecule has 88 valence electrons. The van der Waals surface area contributed by atoms with Crippen molar-refractivity contribution in [2.45, 2.75) is 6.92 Å². The maximum atomic E-state index is 11.3. The van der Waals surface area contributed by atoms with Gasteiger partial charge in [-0.2, -0.15) is 0 Å². The van der Waals surface area contributed by atoms with Gasteiger partial charge in [0.15, 0.2) is 0 Å². The van der Waals surface area contributed by atoms with Crippen LogP contribution in [0.1, 0.15) is 15.9 Å². The molecule has 0 spiro atoms. The van der Waals surface area contributed by atoms with E-state index in [-0.39, 0.29) is 5.56 Å². The van der Waals surface area contributed by atoms with Crippen LogP contribution in [0.4, 0.5) is 0 Å². The number of carbonyl (C=O) groups is 1. The van der Waals surface area contributed by atoms with E-state index in [0.717, 1.165) is 21.9 Å². The van der Waals surface area contributed by atoms with Gasteiger partial charge in [0.25, 0.3) is 0 Å². The number of carboxylic acids is 1. The molecule has 1 N–H and O–H groups in total. The minimum Gasteiger partial charge on any atom is -0.478 e. The number of benzene rings is 2. The SMILES string of the molecule is Cc1cc(C(=O)O)c2nc3ccccc3cc2c1. The fourth-order valence-corrected chi connectivity index (χ4v) is 2.20. The normalized spacial score (nSPS) is 10.9. The highest BCUT2D eigenvalue weighted by Crippen LogP contribution is 2.23.